The second-order valence-corrected chi connectivity index (χ2v) is 10.1. The van der Waals surface area contributed by atoms with E-state index in [1.165, 1.54) is 10.8 Å². The fourth-order valence-electron chi connectivity index (χ4n) is 1.22. The normalized spacial score (nSPS) is 11.7. The van der Waals surface area contributed by atoms with Crippen LogP contribution in [0.2, 0.25) is 13.1 Å². The van der Waals surface area contributed by atoms with E-state index in [1.807, 2.05) is 0 Å². The average Bonchev–Trinajstić information content (AvgIpc) is 2.03. The highest BCUT2D eigenvalue weighted by Crippen LogP contribution is 2.13. The zero-order valence-electron chi connectivity index (χ0n) is 7.27. The van der Waals surface area contributed by atoms with Gasteiger partial charge in [0, 0.05) is 5.33 Å². The Balaban J connectivity index is 3.14. The fourth-order valence-corrected chi connectivity index (χ4v) is 3.95. The van der Waals surface area contributed by atoms with Gasteiger partial charge in [-0.2, -0.15) is 11.1 Å². The lowest BCUT2D eigenvalue weighted by molar-refractivity contribution is 1.47. The van der Waals surface area contributed by atoms with E-state index in [0.29, 0.717) is 0 Å². The molecule has 0 radical (unpaired) electrons. The van der Waals surface area contributed by atoms with Crippen molar-refractivity contribution in [2.45, 2.75) is 18.4 Å². The highest BCUT2D eigenvalue weighted by molar-refractivity contribution is 9.08. The Labute approximate surface area is 87.8 Å². The molecule has 0 unspecified atom stereocenters. The molecule has 0 aliphatic carbocycles. The molecule has 12 heavy (non-hydrogen) atoms. The number of halogens is 2. The lowest BCUT2D eigenvalue weighted by Crippen LogP contribution is -2.37. The molecule has 66 valence electrons. The van der Waals surface area contributed by atoms with Gasteiger partial charge in [0.15, 0.2) is 7.38 Å². The summed E-state index contributed by atoms with van der Waals surface area (Å²) in [4.78, 5) is 0. The molecule has 0 N–H and O–H groups in total. The van der Waals surface area contributed by atoms with E-state index in [1.54, 1.807) is 0 Å². The monoisotopic (exact) mass is 262 g/mol. The fraction of sp³-hybridized carbons (Fsp3) is 0.333. The number of hydrogen-bond donors (Lipinski definition) is 0. The topological polar surface area (TPSA) is 0 Å². The Morgan fingerprint density at radius 3 is 2.33 bits per heavy atom. The molecule has 0 heterocycles. The van der Waals surface area contributed by atoms with Crippen LogP contribution in [0.5, 0.6) is 0 Å². The zero-order valence-corrected chi connectivity index (χ0v) is 10.6. The van der Waals surface area contributed by atoms with Crippen LogP contribution in [-0.2, 0) is 5.33 Å². The highest BCUT2D eigenvalue weighted by Gasteiger charge is 2.22. The molecule has 0 aliphatic heterocycles. The van der Waals surface area contributed by atoms with Gasteiger partial charge in [-0.1, -0.05) is 53.3 Å². The quantitative estimate of drug-likeness (QED) is 0.437. The smallest absolute Gasteiger partial charge is 0.162 e. The average molecular weight is 264 g/mol. The lowest BCUT2D eigenvalue weighted by atomic mass is 10.2. The van der Waals surface area contributed by atoms with Crippen molar-refractivity contribution in [3.05, 3.63) is 29.8 Å². The van der Waals surface area contributed by atoms with Crippen LogP contribution < -0.4 is 5.19 Å². The van der Waals surface area contributed by atoms with Gasteiger partial charge in [-0.15, -0.1) is 0 Å². The van der Waals surface area contributed by atoms with E-state index >= 15 is 0 Å². The van der Waals surface area contributed by atoms with Crippen LogP contribution in [0.15, 0.2) is 24.3 Å². The summed E-state index contributed by atoms with van der Waals surface area (Å²) in [6.45, 7) is 4.30. The maximum atomic E-state index is 6.36. The highest BCUT2D eigenvalue weighted by atomic mass is 79.9. The first-order valence-corrected chi connectivity index (χ1v) is 9.02. The van der Waals surface area contributed by atoms with Crippen molar-refractivity contribution in [1.29, 1.82) is 0 Å². The van der Waals surface area contributed by atoms with Crippen LogP contribution in [0, 0.1) is 0 Å². The summed E-state index contributed by atoms with van der Waals surface area (Å²) in [7, 11) is -1.66. The predicted molar refractivity (Wildman–Crippen MR) is 62.0 cm³/mol. The summed E-state index contributed by atoms with van der Waals surface area (Å²) in [5.41, 5.74) is 1.32. The molecule has 0 aliphatic rings. The van der Waals surface area contributed by atoms with Gasteiger partial charge in [-0.05, 0) is 10.8 Å². The second-order valence-electron chi connectivity index (χ2n) is 3.26. The van der Waals surface area contributed by atoms with Crippen molar-refractivity contribution in [3.63, 3.8) is 0 Å². The maximum absolute atomic E-state index is 6.36. The molecule has 0 saturated carbocycles. The lowest BCUT2D eigenvalue weighted by Gasteiger charge is -2.16. The minimum absolute atomic E-state index is 0.895. The zero-order chi connectivity index (χ0) is 9.19. The van der Waals surface area contributed by atoms with Crippen LogP contribution in [0.4, 0.5) is 0 Å². The van der Waals surface area contributed by atoms with Crippen LogP contribution >= 0.6 is 27.0 Å². The van der Waals surface area contributed by atoms with E-state index in [9.17, 15) is 0 Å². The summed E-state index contributed by atoms with van der Waals surface area (Å²) in [5.74, 6) is 0. The van der Waals surface area contributed by atoms with E-state index < -0.39 is 7.38 Å². The predicted octanol–water partition coefficient (Wildman–Crippen LogP) is 3.23. The molecule has 0 aromatic heterocycles. The van der Waals surface area contributed by atoms with E-state index in [-0.39, 0.29) is 0 Å². The Kier molecular flexibility index (Phi) is 3.38. The number of benzene rings is 1. The Morgan fingerprint density at radius 2 is 1.92 bits per heavy atom. The number of rotatable bonds is 2. The summed E-state index contributed by atoms with van der Waals surface area (Å²) in [6.07, 6.45) is 0. The summed E-state index contributed by atoms with van der Waals surface area (Å²) >= 11 is 9.82. The minimum Gasteiger partial charge on any atom is -0.162 e. The third-order valence-corrected chi connectivity index (χ3v) is 4.79. The van der Waals surface area contributed by atoms with Crippen LogP contribution in [0.25, 0.3) is 0 Å². The molecule has 1 aromatic carbocycles. The van der Waals surface area contributed by atoms with Gasteiger partial charge in [-0.25, -0.2) is 0 Å². The molecule has 3 heteroatoms. The van der Waals surface area contributed by atoms with Crippen molar-refractivity contribution >= 4 is 39.6 Å². The first-order valence-electron chi connectivity index (χ1n) is 3.89. The summed E-state index contributed by atoms with van der Waals surface area (Å²) in [5, 5.41) is 2.23. The van der Waals surface area contributed by atoms with E-state index in [4.69, 9.17) is 11.1 Å². The molecular weight excluding hydrogens is 252 g/mol. The van der Waals surface area contributed by atoms with Crippen LogP contribution in [0.1, 0.15) is 5.56 Å². The number of alkyl halides is 1. The number of hydrogen-bond acceptors (Lipinski definition) is 0. The van der Waals surface area contributed by atoms with Gasteiger partial charge in [0.1, 0.15) is 0 Å². The first kappa shape index (κ1) is 10.3. The Hall–Kier alpha value is 0.207. The molecule has 0 bridgehead atoms. The minimum atomic E-state index is -1.66. The summed E-state index contributed by atoms with van der Waals surface area (Å²) < 4.78 is 0. The van der Waals surface area contributed by atoms with Crippen molar-refractivity contribution in [1.82, 2.24) is 0 Å². The standard InChI is InChI=1S/C9H12BrClSi/c1-12(2,11)9-6-4-3-5-8(9)7-10/h3-6H,7H2,1-2H3. The first-order chi connectivity index (χ1) is 5.55. The molecule has 0 fully saturated rings. The van der Waals surface area contributed by atoms with Gasteiger partial charge in [0.2, 0.25) is 0 Å². The molecule has 1 rings (SSSR count). The third kappa shape index (κ3) is 2.35. The second kappa shape index (κ2) is 3.94. The molecule has 0 atom stereocenters. The molecular formula is C9H12BrClSi. The van der Waals surface area contributed by atoms with Gasteiger partial charge >= 0.3 is 0 Å². The molecule has 0 amide bonds. The maximum Gasteiger partial charge on any atom is 0.181 e. The van der Waals surface area contributed by atoms with Gasteiger partial charge in [-0.3, -0.25) is 0 Å². The van der Waals surface area contributed by atoms with E-state index in [2.05, 4.69) is 53.3 Å². The molecule has 0 nitrogen and oxygen atoms in total. The third-order valence-electron chi connectivity index (χ3n) is 1.80. The van der Waals surface area contributed by atoms with E-state index in [0.717, 1.165) is 5.33 Å². The van der Waals surface area contributed by atoms with Crippen molar-refractivity contribution in [2.75, 3.05) is 0 Å². The largest absolute Gasteiger partial charge is 0.181 e. The molecule has 0 spiro atoms. The molecule has 1 aromatic rings. The summed E-state index contributed by atoms with van der Waals surface area (Å²) in [6, 6.07) is 8.37. The van der Waals surface area contributed by atoms with Crippen molar-refractivity contribution in [3.8, 4) is 0 Å². The van der Waals surface area contributed by atoms with Crippen molar-refractivity contribution < 1.29 is 0 Å². The van der Waals surface area contributed by atoms with Crippen molar-refractivity contribution in [2.24, 2.45) is 0 Å². The van der Waals surface area contributed by atoms with Crippen LogP contribution in [-0.4, -0.2) is 7.38 Å². The SMILES string of the molecule is C[Si](C)(Cl)c1ccccc1CBr. The molecule has 0 saturated heterocycles. The van der Waals surface area contributed by atoms with Gasteiger partial charge < -0.3 is 0 Å². The Bertz CT molecular complexity index is 267. The van der Waals surface area contributed by atoms with Gasteiger partial charge in [0.25, 0.3) is 0 Å². The van der Waals surface area contributed by atoms with Crippen LogP contribution in [0.3, 0.4) is 0 Å². The Morgan fingerprint density at radius 1 is 1.33 bits per heavy atom. The van der Waals surface area contributed by atoms with Gasteiger partial charge in [0.05, 0.1) is 0 Å².